The van der Waals surface area contributed by atoms with Crippen LogP contribution in [0, 0.1) is 0 Å². The minimum absolute atomic E-state index is 0.925. The Labute approximate surface area is 55.0 Å². The molecule has 9 heavy (non-hydrogen) atoms. The first-order chi connectivity index (χ1) is 3.73. The molecule has 0 saturated carbocycles. The zero-order valence-corrected chi connectivity index (χ0v) is 5.89. The lowest BCUT2D eigenvalue weighted by Crippen LogP contribution is -1.76. The average molecular weight is 185 g/mol. The van der Waals surface area contributed by atoms with Crippen molar-refractivity contribution in [2.75, 3.05) is 6.26 Å². The molecule has 0 amide bonds. The molecule has 0 unspecified atom stereocenters. The second-order valence-electron chi connectivity index (χ2n) is 0.929. The van der Waals surface area contributed by atoms with Crippen LogP contribution in [0.5, 0.6) is 0 Å². The summed E-state index contributed by atoms with van der Waals surface area (Å²) in [5.74, 6) is 0. The quantitative estimate of drug-likeness (QED) is 0.533. The van der Waals surface area contributed by atoms with E-state index in [9.17, 15) is 21.6 Å². The molecular weight excluding hydrogens is 181 g/mol. The topological polar surface area (TPSA) is 34.1 Å². The second kappa shape index (κ2) is 4.87. The fourth-order valence-electron chi connectivity index (χ4n) is 0. The van der Waals surface area contributed by atoms with Gasteiger partial charge >= 0.3 is 6.68 Å². The Morgan fingerprint density at radius 1 is 1.33 bits per heavy atom. The first-order valence-corrected chi connectivity index (χ1v) is 4.27. The summed E-state index contributed by atoms with van der Waals surface area (Å²) >= 11 is 0. The van der Waals surface area contributed by atoms with Crippen molar-refractivity contribution in [1.82, 2.24) is 0 Å². The molecule has 0 fully saturated rings. The van der Waals surface area contributed by atoms with Gasteiger partial charge in [0.25, 0.3) is 0 Å². The minimum Gasteiger partial charge on any atom is -0.213 e. The monoisotopic (exact) mass is 184 g/mol. The molecule has 0 bridgehead atoms. The van der Waals surface area contributed by atoms with E-state index in [4.69, 9.17) is 0 Å². The van der Waals surface area contributed by atoms with Crippen molar-refractivity contribution in [3.05, 3.63) is 0 Å². The summed E-state index contributed by atoms with van der Waals surface area (Å²) in [4.78, 5) is 0. The van der Waals surface area contributed by atoms with Crippen molar-refractivity contribution in [2.45, 2.75) is 6.68 Å². The van der Waals surface area contributed by atoms with Gasteiger partial charge in [-0.2, -0.15) is 13.2 Å². The van der Waals surface area contributed by atoms with Crippen LogP contribution in [0.3, 0.4) is 0 Å². The van der Waals surface area contributed by atoms with E-state index < -0.39 is 15.7 Å². The third kappa shape index (κ3) is 324000. The third-order valence-electron chi connectivity index (χ3n) is 0. The van der Waals surface area contributed by atoms with E-state index in [0.717, 1.165) is 6.26 Å². The molecule has 0 aromatic heterocycles. The van der Waals surface area contributed by atoms with Crippen LogP contribution in [-0.2, 0) is 9.05 Å². The van der Waals surface area contributed by atoms with Gasteiger partial charge < -0.3 is 0 Å². The summed E-state index contributed by atoms with van der Waals surface area (Å²) in [7, 11) is 1.31. The van der Waals surface area contributed by atoms with Crippen molar-refractivity contribution >= 4 is 19.7 Å². The maximum atomic E-state index is 9.67. The van der Waals surface area contributed by atoms with E-state index >= 15 is 0 Å². The molecule has 0 aliphatic heterocycles. The van der Waals surface area contributed by atoms with E-state index in [-0.39, 0.29) is 0 Å². The minimum atomic E-state index is -3.67. The standard InChI is InChI=1S/CH3ClO2S.CHF3/c1-5(2,3)4;2-1(3)4/h1H3;1H. The largest absolute Gasteiger partial charge is 0.379 e. The van der Waals surface area contributed by atoms with E-state index in [1.165, 1.54) is 0 Å². The van der Waals surface area contributed by atoms with Crippen LogP contribution < -0.4 is 0 Å². The van der Waals surface area contributed by atoms with Gasteiger partial charge in [0.05, 0.1) is 6.26 Å². The van der Waals surface area contributed by atoms with Gasteiger partial charge in [-0.1, -0.05) is 0 Å². The van der Waals surface area contributed by atoms with Gasteiger partial charge in [0.2, 0.25) is 9.05 Å². The highest BCUT2D eigenvalue weighted by Crippen LogP contribution is 1.87. The van der Waals surface area contributed by atoms with Gasteiger partial charge in [-0.05, 0) is 0 Å². The Bertz CT molecular complexity index is 131. The molecule has 0 aliphatic carbocycles. The van der Waals surface area contributed by atoms with Gasteiger partial charge in [-0.3, -0.25) is 0 Å². The summed E-state index contributed by atoms with van der Waals surface area (Å²) in [6.45, 7) is -3.67. The van der Waals surface area contributed by atoms with Crippen LogP contribution in [0.4, 0.5) is 13.2 Å². The van der Waals surface area contributed by atoms with E-state index in [2.05, 4.69) is 10.7 Å². The van der Waals surface area contributed by atoms with E-state index in [1.54, 1.807) is 0 Å². The second-order valence-corrected chi connectivity index (χ2v) is 3.97. The Morgan fingerprint density at radius 3 is 1.33 bits per heavy atom. The van der Waals surface area contributed by atoms with Crippen molar-refractivity contribution < 1.29 is 21.6 Å². The SMILES string of the molecule is CS(=O)(=O)Cl.FC(F)F. The first-order valence-electron chi connectivity index (χ1n) is 1.55. The lowest BCUT2D eigenvalue weighted by molar-refractivity contribution is 0.00819. The summed E-state index contributed by atoms with van der Waals surface area (Å²) in [5, 5.41) is 0. The van der Waals surface area contributed by atoms with E-state index in [0.29, 0.717) is 0 Å². The van der Waals surface area contributed by atoms with Crippen LogP contribution in [0.2, 0.25) is 0 Å². The number of halogens is 4. The number of hydrogen-bond donors (Lipinski definition) is 0. The molecule has 58 valence electrons. The highest BCUT2D eigenvalue weighted by atomic mass is 35.7. The number of alkyl halides is 3. The van der Waals surface area contributed by atoms with Crippen LogP contribution in [0.1, 0.15) is 0 Å². The third-order valence-corrected chi connectivity index (χ3v) is 0. The summed E-state index contributed by atoms with van der Waals surface area (Å²) < 4.78 is 47.8. The Balaban J connectivity index is 0. The predicted molar refractivity (Wildman–Crippen MR) is 27.8 cm³/mol. The van der Waals surface area contributed by atoms with Crippen molar-refractivity contribution in [3.8, 4) is 0 Å². The molecular formula is C2H4ClF3O2S. The van der Waals surface area contributed by atoms with Crippen LogP contribution in [-0.4, -0.2) is 21.4 Å². The molecule has 7 heteroatoms. The summed E-state index contributed by atoms with van der Waals surface area (Å²) in [5.41, 5.74) is 0. The molecule has 0 aromatic carbocycles. The van der Waals surface area contributed by atoms with Crippen molar-refractivity contribution in [1.29, 1.82) is 0 Å². The average Bonchev–Trinajstić information content (AvgIpc) is 1.19. The predicted octanol–water partition coefficient (Wildman–Crippen LogP) is 1.36. The van der Waals surface area contributed by atoms with Crippen molar-refractivity contribution in [2.24, 2.45) is 0 Å². The summed E-state index contributed by atoms with van der Waals surface area (Å²) in [6, 6.07) is 0. The van der Waals surface area contributed by atoms with Crippen LogP contribution >= 0.6 is 10.7 Å². The smallest absolute Gasteiger partial charge is 0.213 e. The van der Waals surface area contributed by atoms with Crippen molar-refractivity contribution in [3.63, 3.8) is 0 Å². The zero-order chi connectivity index (χ0) is 8.08. The molecule has 0 saturated heterocycles. The fraction of sp³-hybridized carbons (Fsp3) is 1.00. The highest BCUT2D eigenvalue weighted by molar-refractivity contribution is 8.13. The maximum Gasteiger partial charge on any atom is 0.379 e. The molecule has 0 rings (SSSR count). The molecule has 0 heterocycles. The molecule has 0 atom stereocenters. The Hall–Kier alpha value is 0.0300. The van der Waals surface area contributed by atoms with Gasteiger partial charge in [0.1, 0.15) is 0 Å². The number of rotatable bonds is 0. The molecule has 2 nitrogen and oxygen atoms in total. The molecule has 0 N–H and O–H groups in total. The lowest BCUT2D eigenvalue weighted by atomic mass is 11.6. The van der Waals surface area contributed by atoms with E-state index in [1.807, 2.05) is 0 Å². The maximum absolute atomic E-state index is 9.67. The van der Waals surface area contributed by atoms with Gasteiger partial charge in [-0.15, -0.1) is 0 Å². The normalized spacial score (nSPS) is 10.4. The molecule has 0 spiro atoms. The van der Waals surface area contributed by atoms with Crippen LogP contribution in [0.15, 0.2) is 0 Å². The van der Waals surface area contributed by atoms with Gasteiger partial charge in [-0.25, -0.2) is 8.42 Å². The fourth-order valence-corrected chi connectivity index (χ4v) is 0. The zero-order valence-electron chi connectivity index (χ0n) is 4.31. The lowest BCUT2D eigenvalue weighted by Gasteiger charge is -1.65. The van der Waals surface area contributed by atoms with Crippen LogP contribution in [0.25, 0.3) is 0 Å². The number of hydrogen-bond acceptors (Lipinski definition) is 2. The van der Waals surface area contributed by atoms with Gasteiger partial charge in [0, 0.05) is 10.7 Å². The Kier molecular flexibility index (Phi) is 6.37. The Morgan fingerprint density at radius 2 is 1.33 bits per heavy atom. The first kappa shape index (κ1) is 11.8. The molecule has 0 aromatic rings. The molecule has 0 radical (unpaired) electrons. The van der Waals surface area contributed by atoms with Gasteiger partial charge in [0.15, 0.2) is 0 Å². The summed E-state index contributed by atoms with van der Waals surface area (Å²) in [6.07, 6.45) is 0.925. The molecule has 0 aliphatic rings. The highest BCUT2D eigenvalue weighted by Gasteiger charge is 1.86.